The second kappa shape index (κ2) is 10.9. The average molecular weight is 480 g/mol. The van der Waals surface area contributed by atoms with Crippen molar-refractivity contribution in [3.8, 4) is 0 Å². The Kier molecular flexibility index (Phi) is 7.66. The third kappa shape index (κ3) is 5.46. The van der Waals surface area contributed by atoms with Crippen molar-refractivity contribution in [2.75, 3.05) is 6.67 Å². The topological polar surface area (TPSA) is 44.7 Å². The molecule has 0 saturated heterocycles. The number of hydrazone groups is 1. The number of amides is 1. The zero-order chi connectivity index (χ0) is 24.8. The summed E-state index contributed by atoms with van der Waals surface area (Å²) < 4.78 is 42.6. The van der Waals surface area contributed by atoms with Gasteiger partial charge in [0.1, 0.15) is 18.3 Å². The van der Waals surface area contributed by atoms with Gasteiger partial charge in [-0.2, -0.15) is 5.10 Å². The van der Waals surface area contributed by atoms with Gasteiger partial charge in [0.05, 0.1) is 11.3 Å². The van der Waals surface area contributed by atoms with Crippen LogP contribution < -0.4 is 5.32 Å². The molecule has 0 saturated carbocycles. The Morgan fingerprint density at radius 3 is 2.40 bits per heavy atom. The van der Waals surface area contributed by atoms with Crippen molar-refractivity contribution in [2.24, 2.45) is 5.10 Å². The van der Waals surface area contributed by atoms with Gasteiger partial charge in [0.15, 0.2) is 0 Å². The zero-order valence-electron chi connectivity index (χ0n) is 19.6. The minimum absolute atomic E-state index is 0.0262. The fraction of sp³-hybridized carbons (Fsp3) is 0.286. The molecule has 1 heterocycles. The molecule has 182 valence electrons. The molecule has 2 atom stereocenters. The molecule has 1 amide bonds. The minimum Gasteiger partial charge on any atom is -0.307 e. The lowest BCUT2D eigenvalue weighted by molar-refractivity contribution is -0.135. The average Bonchev–Trinajstić information content (AvgIpc) is 3.28. The van der Waals surface area contributed by atoms with Gasteiger partial charge in [0.25, 0.3) is 0 Å². The van der Waals surface area contributed by atoms with Gasteiger partial charge in [0.2, 0.25) is 5.91 Å². The standard InChI is InChI=1S/C28H28F3N3O/c1-20(35)34-28(22-10-6-3-7-11-22,17-27(33-34)25-16-23(30)12-13-26(25)31)15-14-24(18-29)32-19-21-8-4-2-5-9-21/h2-13,16,24,32H,14-15,17-19H2,1H3/t24?,28-/m0/s1. The first-order valence-electron chi connectivity index (χ1n) is 11.7. The van der Waals surface area contributed by atoms with E-state index in [2.05, 4.69) is 10.4 Å². The Morgan fingerprint density at radius 1 is 1.06 bits per heavy atom. The molecule has 1 aliphatic rings. The molecule has 0 bridgehead atoms. The summed E-state index contributed by atoms with van der Waals surface area (Å²) in [5.74, 6) is -1.52. The molecule has 3 aromatic rings. The number of nitrogens with zero attached hydrogens (tertiary/aromatic N) is 2. The van der Waals surface area contributed by atoms with E-state index in [9.17, 15) is 18.0 Å². The maximum Gasteiger partial charge on any atom is 0.240 e. The Balaban J connectivity index is 1.63. The van der Waals surface area contributed by atoms with Gasteiger partial charge in [-0.1, -0.05) is 60.7 Å². The quantitative estimate of drug-likeness (QED) is 0.426. The van der Waals surface area contributed by atoms with Gasteiger partial charge in [-0.3, -0.25) is 4.79 Å². The fourth-order valence-electron chi connectivity index (χ4n) is 4.66. The van der Waals surface area contributed by atoms with Gasteiger partial charge in [-0.25, -0.2) is 18.2 Å². The summed E-state index contributed by atoms with van der Waals surface area (Å²) in [5, 5.41) is 9.08. The number of alkyl halides is 1. The maximum atomic E-state index is 14.6. The molecule has 7 heteroatoms. The molecule has 0 aliphatic carbocycles. The van der Waals surface area contributed by atoms with E-state index in [0.29, 0.717) is 19.4 Å². The summed E-state index contributed by atoms with van der Waals surface area (Å²) in [6.07, 6.45) is 0.988. The van der Waals surface area contributed by atoms with Crippen LogP contribution in [0.5, 0.6) is 0 Å². The van der Waals surface area contributed by atoms with Crippen molar-refractivity contribution in [1.29, 1.82) is 0 Å². The molecule has 35 heavy (non-hydrogen) atoms. The number of carbonyl (C=O) groups excluding carboxylic acids is 1. The highest BCUT2D eigenvalue weighted by Gasteiger charge is 2.46. The van der Waals surface area contributed by atoms with E-state index in [1.165, 1.54) is 11.9 Å². The number of nitrogens with one attached hydrogen (secondary N) is 1. The summed E-state index contributed by atoms with van der Waals surface area (Å²) in [6.45, 7) is 1.33. The van der Waals surface area contributed by atoms with Crippen LogP contribution in [0.1, 0.15) is 42.9 Å². The lowest BCUT2D eigenvalue weighted by atomic mass is 9.79. The molecule has 1 unspecified atom stereocenters. The van der Waals surface area contributed by atoms with Crippen LogP contribution in [0, 0.1) is 11.6 Å². The van der Waals surface area contributed by atoms with Gasteiger partial charge < -0.3 is 5.32 Å². The van der Waals surface area contributed by atoms with Crippen LogP contribution in [0.3, 0.4) is 0 Å². The summed E-state index contributed by atoms with van der Waals surface area (Å²) in [4.78, 5) is 12.7. The summed E-state index contributed by atoms with van der Waals surface area (Å²) in [6, 6.07) is 21.8. The second-order valence-corrected chi connectivity index (χ2v) is 8.83. The summed E-state index contributed by atoms with van der Waals surface area (Å²) in [5.41, 5.74) is 1.23. The smallest absolute Gasteiger partial charge is 0.240 e. The maximum absolute atomic E-state index is 14.6. The van der Waals surface area contributed by atoms with Gasteiger partial charge in [0, 0.05) is 31.5 Å². The Bertz CT molecular complexity index is 1190. The van der Waals surface area contributed by atoms with Crippen LogP contribution in [0.25, 0.3) is 0 Å². The van der Waals surface area contributed by atoms with E-state index in [-0.39, 0.29) is 23.6 Å². The van der Waals surface area contributed by atoms with Crippen molar-refractivity contribution in [2.45, 2.75) is 44.3 Å². The van der Waals surface area contributed by atoms with Crippen molar-refractivity contribution in [1.82, 2.24) is 10.3 Å². The molecule has 0 fully saturated rings. The predicted molar refractivity (Wildman–Crippen MR) is 130 cm³/mol. The van der Waals surface area contributed by atoms with E-state index in [4.69, 9.17) is 0 Å². The number of carbonyl (C=O) groups is 1. The van der Waals surface area contributed by atoms with Gasteiger partial charge in [-0.15, -0.1) is 0 Å². The lowest BCUT2D eigenvalue weighted by Gasteiger charge is -2.37. The molecular weight excluding hydrogens is 451 g/mol. The second-order valence-electron chi connectivity index (χ2n) is 8.83. The number of halogens is 3. The molecule has 4 nitrogen and oxygen atoms in total. The number of benzene rings is 3. The van der Waals surface area contributed by atoms with E-state index in [1.807, 2.05) is 60.7 Å². The Labute approximate surface area is 203 Å². The van der Waals surface area contributed by atoms with E-state index < -0.39 is 29.9 Å². The molecule has 0 radical (unpaired) electrons. The first-order chi connectivity index (χ1) is 16.9. The van der Waals surface area contributed by atoms with Crippen LogP contribution in [0.2, 0.25) is 0 Å². The number of hydrogen-bond acceptors (Lipinski definition) is 3. The normalized spacial score (nSPS) is 18.4. The first kappa shape index (κ1) is 24.7. The van der Waals surface area contributed by atoms with Gasteiger partial charge >= 0.3 is 0 Å². The largest absolute Gasteiger partial charge is 0.307 e. The highest BCUT2D eigenvalue weighted by molar-refractivity contribution is 6.03. The number of hydrogen-bond donors (Lipinski definition) is 1. The van der Waals surface area contributed by atoms with Crippen LogP contribution in [0.15, 0.2) is 84.0 Å². The summed E-state index contributed by atoms with van der Waals surface area (Å²) >= 11 is 0. The minimum atomic E-state index is -0.941. The van der Waals surface area contributed by atoms with Crippen LogP contribution in [0.4, 0.5) is 13.2 Å². The molecule has 0 aromatic heterocycles. The number of rotatable bonds is 9. The van der Waals surface area contributed by atoms with Crippen LogP contribution in [-0.4, -0.2) is 29.3 Å². The van der Waals surface area contributed by atoms with E-state index >= 15 is 0 Å². The van der Waals surface area contributed by atoms with Crippen molar-refractivity contribution in [3.63, 3.8) is 0 Å². The lowest BCUT2D eigenvalue weighted by Crippen LogP contribution is -2.44. The Hall–Kier alpha value is -3.45. The summed E-state index contributed by atoms with van der Waals surface area (Å²) in [7, 11) is 0. The van der Waals surface area contributed by atoms with E-state index in [1.54, 1.807) is 0 Å². The third-order valence-electron chi connectivity index (χ3n) is 6.47. The predicted octanol–water partition coefficient (Wildman–Crippen LogP) is 5.72. The molecule has 4 rings (SSSR count). The first-order valence-corrected chi connectivity index (χ1v) is 11.7. The van der Waals surface area contributed by atoms with Crippen LogP contribution in [-0.2, 0) is 16.9 Å². The zero-order valence-corrected chi connectivity index (χ0v) is 19.6. The highest BCUT2D eigenvalue weighted by atomic mass is 19.1. The Morgan fingerprint density at radius 2 is 1.74 bits per heavy atom. The fourth-order valence-corrected chi connectivity index (χ4v) is 4.66. The van der Waals surface area contributed by atoms with E-state index in [0.717, 1.165) is 29.3 Å². The molecule has 0 spiro atoms. The molecule has 1 N–H and O–H groups in total. The molecule has 3 aromatic carbocycles. The third-order valence-corrected chi connectivity index (χ3v) is 6.47. The van der Waals surface area contributed by atoms with Crippen molar-refractivity contribution in [3.05, 3.63) is 107 Å². The highest BCUT2D eigenvalue weighted by Crippen LogP contribution is 2.43. The van der Waals surface area contributed by atoms with Crippen LogP contribution >= 0.6 is 0 Å². The molecular formula is C28H28F3N3O. The van der Waals surface area contributed by atoms with Gasteiger partial charge in [-0.05, 0) is 42.2 Å². The van der Waals surface area contributed by atoms with Crippen molar-refractivity contribution < 1.29 is 18.0 Å². The monoisotopic (exact) mass is 479 g/mol. The van der Waals surface area contributed by atoms with Crippen molar-refractivity contribution >= 4 is 11.6 Å². The SMILES string of the molecule is CC(=O)N1N=C(c2cc(F)ccc2F)C[C@@]1(CCC(CF)NCc1ccccc1)c1ccccc1. The molecule has 1 aliphatic heterocycles.